The molecular formula is C25H34N2O2S. The van der Waals surface area contributed by atoms with Gasteiger partial charge in [-0.1, -0.05) is 81.4 Å². The summed E-state index contributed by atoms with van der Waals surface area (Å²) in [5, 5.41) is 3.00. The monoisotopic (exact) mass is 426 g/mol. The van der Waals surface area contributed by atoms with Gasteiger partial charge >= 0.3 is 0 Å². The SMILES string of the molecule is CCC(C(=O)NCC(C)C)N(Cc1ccccc1)C(=O)CCSCc1ccccc1. The molecule has 0 radical (unpaired) electrons. The quantitative estimate of drug-likeness (QED) is 0.492. The summed E-state index contributed by atoms with van der Waals surface area (Å²) < 4.78 is 0. The second kappa shape index (κ2) is 13.1. The van der Waals surface area contributed by atoms with E-state index in [1.165, 1.54) is 5.56 Å². The first-order valence-electron chi connectivity index (χ1n) is 10.7. The van der Waals surface area contributed by atoms with Crippen LogP contribution in [0, 0.1) is 5.92 Å². The Morgan fingerprint density at radius 2 is 1.57 bits per heavy atom. The van der Waals surface area contributed by atoms with Crippen LogP contribution in [0.3, 0.4) is 0 Å². The van der Waals surface area contributed by atoms with Gasteiger partial charge in [-0.2, -0.15) is 11.8 Å². The normalized spacial score (nSPS) is 11.9. The maximum atomic E-state index is 13.1. The molecule has 0 saturated heterocycles. The Bertz CT molecular complexity index is 765. The summed E-state index contributed by atoms with van der Waals surface area (Å²) in [6.45, 7) is 7.18. The fourth-order valence-corrected chi connectivity index (χ4v) is 4.08. The Balaban J connectivity index is 2.01. The molecule has 2 rings (SSSR count). The van der Waals surface area contributed by atoms with Gasteiger partial charge in [-0.25, -0.2) is 0 Å². The van der Waals surface area contributed by atoms with E-state index in [1.54, 1.807) is 16.7 Å². The van der Waals surface area contributed by atoms with E-state index >= 15 is 0 Å². The van der Waals surface area contributed by atoms with Crippen LogP contribution < -0.4 is 5.32 Å². The molecule has 0 heterocycles. The van der Waals surface area contributed by atoms with E-state index in [-0.39, 0.29) is 11.8 Å². The molecular weight excluding hydrogens is 392 g/mol. The Morgan fingerprint density at radius 3 is 2.13 bits per heavy atom. The van der Waals surface area contributed by atoms with Crippen molar-refractivity contribution in [2.45, 2.75) is 52.0 Å². The first-order chi connectivity index (χ1) is 14.5. The maximum absolute atomic E-state index is 13.1. The van der Waals surface area contributed by atoms with Crippen LogP contribution in [0.25, 0.3) is 0 Å². The highest BCUT2D eigenvalue weighted by molar-refractivity contribution is 7.98. The predicted molar refractivity (Wildman–Crippen MR) is 126 cm³/mol. The number of amides is 2. The summed E-state index contributed by atoms with van der Waals surface area (Å²) in [7, 11) is 0. The van der Waals surface area contributed by atoms with Gasteiger partial charge in [0.05, 0.1) is 0 Å². The van der Waals surface area contributed by atoms with Crippen LogP contribution in [-0.2, 0) is 21.9 Å². The summed E-state index contributed by atoms with van der Waals surface area (Å²) >= 11 is 1.75. The van der Waals surface area contributed by atoms with E-state index in [9.17, 15) is 9.59 Å². The predicted octanol–water partition coefficient (Wildman–Crippen LogP) is 4.89. The Morgan fingerprint density at radius 1 is 0.967 bits per heavy atom. The molecule has 0 fully saturated rings. The number of hydrogen-bond acceptors (Lipinski definition) is 3. The third-order valence-electron chi connectivity index (χ3n) is 4.84. The second-order valence-corrected chi connectivity index (χ2v) is 8.96. The summed E-state index contributed by atoms with van der Waals surface area (Å²) in [5.41, 5.74) is 2.30. The second-order valence-electron chi connectivity index (χ2n) is 7.86. The van der Waals surface area contributed by atoms with Crippen molar-refractivity contribution in [3.8, 4) is 0 Å². The van der Waals surface area contributed by atoms with Crippen molar-refractivity contribution in [1.29, 1.82) is 0 Å². The average molecular weight is 427 g/mol. The lowest BCUT2D eigenvalue weighted by Gasteiger charge is -2.31. The minimum absolute atomic E-state index is 0.0333. The lowest BCUT2D eigenvalue weighted by atomic mass is 10.1. The molecule has 2 aromatic carbocycles. The van der Waals surface area contributed by atoms with Crippen LogP contribution in [-0.4, -0.2) is 35.1 Å². The third kappa shape index (κ3) is 8.23. The van der Waals surface area contributed by atoms with Crippen LogP contribution in [0.1, 0.15) is 44.7 Å². The van der Waals surface area contributed by atoms with Crippen LogP contribution >= 0.6 is 11.8 Å². The molecule has 0 spiro atoms. The van der Waals surface area contributed by atoms with Gasteiger partial charge in [0.15, 0.2) is 0 Å². The number of carbonyl (C=O) groups is 2. The van der Waals surface area contributed by atoms with E-state index in [1.807, 2.05) is 55.5 Å². The van der Waals surface area contributed by atoms with Crippen molar-refractivity contribution in [3.05, 3.63) is 71.8 Å². The fraction of sp³-hybridized carbons (Fsp3) is 0.440. The molecule has 4 nitrogen and oxygen atoms in total. The van der Waals surface area contributed by atoms with Crippen molar-refractivity contribution in [3.63, 3.8) is 0 Å². The number of nitrogens with one attached hydrogen (secondary N) is 1. The molecule has 1 atom stereocenters. The highest BCUT2D eigenvalue weighted by Crippen LogP contribution is 2.17. The lowest BCUT2D eigenvalue weighted by molar-refractivity contribution is -0.141. The van der Waals surface area contributed by atoms with E-state index in [2.05, 4.69) is 31.3 Å². The molecule has 5 heteroatoms. The molecule has 0 aliphatic rings. The molecule has 1 N–H and O–H groups in total. The standard InChI is InChI=1S/C25H34N2O2S/c1-4-23(25(29)26-17-20(2)3)27(18-21-11-7-5-8-12-21)24(28)15-16-30-19-22-13-9-6-10-14-22/h5-14,20,23H,4,15-19H2,1-3H3,(H,26,29). The van der Waals surface area contributed by atoms with Gasteiger partial charge in [-0.15, -0.1) is 0 Å². The molecule has 30 heavy (non-hydrogen) atoms. The van der Waals surface area contributed by atoms with Crippen molar-refractivity contribution >= 4 is 23.6 Å². The minimum atomic E-state index is -0.449. The summed E-state index contributed by atoms with van der Waals surface area (Å²) in [6.07, 6.45) is 1.03. The minimum Gasteiger partial charge on any atom is -0.354 e. The molecule has 0 bridgehead atoms. The number of carbonyl (C=O) groups excluding carboxylic acids is 2. The van der Waals surface area contributed by atoms with Gasteiger partial charge in [0.25, 0.3) is 0 Å². The highest BCUT2D eigenvalue weighted by Gasteiger charge is 2.28. The maximum Gasteiger partial charge on any atom is 0.242 e. The molecule has 0 aliphatic heterocycles. The van der Waals surface area contributed by atoms with Gasteiger partial charge in [0.1, 0.15) is 6.04 Å². The summed E-state index contributed by atoms with van der Waals surface area (Å²) in [4.78, 5) is 27.7. The zero-order valence-electron chi connectivity index (χ0n) is 18.3. The number of benzene rings is 2. The molecule has 1 unspecified atom stereocenters. The van der Waals surface area contributed by atoms with Gasteiger partial charge in [0, 0.05) is 31.0 Å². The lowest BCUT2D eigenvalue weighted by Crippen LogP contribution is -2.49. The molecule has 162 valence electrons. The smallest absolute Gasteiger partial charge is 0.242 e. The van der Waals surface area contributed by atoms with E-state index < -0.39 is 6.04 Å². The first-order valence-corrected chi connectivity index (χ1v) is 11.9. The van der Waals surface area contributed by atoms with E-state index in [0.717, 1.165) is 17.1 Å². The molecule has 0 aromatic heterocycles. The zero-order valence-corrected chi connectivity index (χ0v) is 19.2. The molecule has 0 aliphatic carbocycles. The van der Waals surface area contributed by atoms with Crippen molar-refractivity contribution < 1.29 is 9.59 Å². The first kappa shape index (κ1) is 24.0. The molecule has 0 saturated carbocycles. The van der Waals surface area contributed by atoms with Crippen LogP contribution in [0.4, 0.5) is 0 Å². The van der Waals surface area contributed by atoms with E-state index in [4.69, 9.17) is 0 Å². The van der Waals surface area contributed by atoms with Gasteiger partial charge in [-0.3, -0.25) is 9.59 Å². The Labute approximate surface area is 185 Å². The van der Waals surface area contributed by atoms with Crippen LogP contribution in [0.2, 0.25) is 0 Å². The molecule has 2 aromatic rings. The topological polar surface area (TPSA) is 49.4 Å². The fourth-order valence-electron chi connectivity index (χ4n) is 3.19. The largest absolute Gasteiger partial charge is 0.354 e. The third-order valence-corrected chi connectivity index (χ3v) is 5.87. The van der Waals surface area contributed by atoms with Gasteiger partial charge in [-0.05, 0) is 23.5 Å². The van der Waals surface area contributed by atoms with Gasteiger partial charge < -0.3 is 10.2 Å². The number of thioether (sulfide) groups is 1. The number of hydrogen-bond donors (Lipinski definition) is 1. The number of rotatable bonds is 12. The van der Waals surface area contributed by atoms with Crippen molar-refractivity contribution in [1.82, 2.24) is 10.2 Å². The van der Waals surface area contributed by atoms with Gasteiger partial charge in [0.2, 0.25) is 11.8 Å². The average Bonchev–Trinajstić information content (AvgIpc) is 2.76. The summed E-state index contributed by atoms with van der Waals surface area (Å²) in [6, 6.07) is 19.7. The van der Waals surface area contributed by atoms with Crippen LogP contribution in [0.15, 0.2) is 60.7 Å². The zero-order chi connectivity index (χ0) is 21.8. The van der Waals surface area contributed by atoms with E-state index in [0.29, 0.717) is 31.8 Å². The molecule has 2 amide bonds. The summed E-state index contributed by atoms with van der Waals surface area (Å²) in [5.74, 6) is 1.97. The highest BCUT2D eigenvalue weighted by atomic mass is 32.2. The number of nitrogens with zero attached hydrogens (tertiary/aromatic N) is 1. The van der Waals surface area contributed by atoms with Crippen LogP contribution in [0.5, 0.6) is 0 Å². The van der Waals surface area contributed by atoms with Crippen molar-refractivity contribution in [2.75, 3.05) is 12.3 Å². The Hall–Kier alpha value is -2.27. The van der Waals surface area contributed by atoms with Crippen molar-refractivity contribution in [2.24, 2.45) is 5.92 Å². The Kier molecular flexibility index (Phi) is 10.5.